The van der Waals surface area contributed by atoms with Gasteiger partial charge >= 0.3 is 0 Å². The topological polar surface area (TPSA) is 23.6 Å². The predicted octanol–water partition coefficient (Wildman–Crippen LogP) is 3.66. The van der Waals surface area contributed by atoms with Crippen molar-refractivity contribution in [3.63, 3.8) is 0 Å². The monoisotopic (exact) mass is 314 g/mol. The van der Waals surface area contributed by atoms with Crippen LogP contribution < -0.4 is 0 Å². The summed E-state index contributed by atoms with van der Waals surface area (Å²) in [4.78, 5) is 17.4. The van der Waals surface area contributed by atoms with Gasteiger partial charge in [-0.05, 0) is 38.4 Å². The van der Waals surface area contributed by atoms with Crippen LogP contribution in [-0.4, -0.2) is 47.9 Å². The van der Waals surface area contributed by atoms with Crippen molar-refractivity contribution >= 4 is 5.91 Å². The molecule has 2 heterocycles. The number of nitrogens with zero attached hydrogens (tertiary/aromatic N) is 2. The lowest BCUT2D eigenvalue weighted by molar-refractivity contribution is -0.132. The van der Waals surface area contributed by atoms with Gasteiger partial charge in [-0.2, -0.15) is 0 Å². The molecule has 23 heavy (non-hydrogen) atoms. The third kappa shape index (κ3) is 3.45. The van der Waals surface area contributed by atoms with E-state index in [1.54, 1.807) is 0 Å². The number of hydrogen-bond acceptors (Lipinski definition) is 2. The fourth-order valence-corrected chi connectivity index (χ4v) is 4.52. The van der Waals surface area contributed by atoms with Crippen LogP contribution in [0.15, 0.2) is 30.3 Å². The van der Waals surface area contributed by atoms with Crippen LogP contribution in [0.2, 0.25) is 0 Å². The van der Waals surface area contributed by atoms with E-state index in [1.807, 2.05) is 0 Å². The summed E-state index contributed by atoms with van der Waals surface area (Å²) in [7, 11) is 2.26. The van der Waals surface area contributed by atoms with E-state index in [0.29, 0.717) is 30.3 Å². The number of amides is 1. The summed E-state index contributed by atoms with van der Waals surface area (Å²) >= 11 is 0. The minimum atomic E-state index is 0.356. The molecule has 0 radical (unpaired) electrons. The average Bonchev–Trinajstić information content (AvgIpc) is 2.92. The molecular formula is C20H30N2O. The Morgan fingerprint density at radius 1 is 1.17 bits per heavy atom. The van der Waals surface area contributed by atoms with Crippen LogP contribution in [0.5, 0.6) is 0 Å². The second-order valence-corrected chi connectivity index (χ2v) is 7.20. The Kier molecular flexibility index (Phi) is 5.37. The Labute approximate surface area is 140 Å². The third-order valence-corrected chi connectivity index (χ3v) is 5.63. The molecule has 0 N–H and O–H groups in total. The van der Waals surface area contributed by atoms with Crippen LogP contribution in [-0.2, 0) is 4.79 Å². The van der Waals surface area contributed by atoms with E-state index in [2.05, 4.69) is 54.1 Å². The normalized spacial score (nSPS) is 29.0. The Bertz CT molecular complexity index is 516. The van der Waals surface area contributed by atoms with Gasteiger partial charge in [0.1, 0.15) is 0 Å². The summed E-state index contributed by atoms with van der Waals surface area (Å²) in [5.41, 5.74) is 1.39. The van der Waals surface area contributed by atoms with E-state index in [0.717, 1.165) is 25.9 Å². The van der Waals surface area contributed by atoms with Crippen LogP contribution in [0.4, 0.5) is 0 Å². The molecule has 0 aromatic heterocycles. The largest absolute Gasteiger partial charge is 0.337 e. The minimum Gasteiger partial charge on any atom is -0.337 e. The number of hydrogen-bond donors (Lipinski definition) is 0. The van der Waals surface area contributed by atoms with Crippen molar-refractivity contribution in [3.05, 3.63) is 35.9 Å². The standard InChI is InChI=1S/C20H30N2O/c1-3-10-19(23)22-15-17(16-11-6-4-7-12-16)20-18(22)13-8-5-9-14-21(20)2/h4,6-7,11-12,17-18,20H,3,5,8-10,13-15H2,1-2H3/t17-,18+,20-/m0/s1. The highest BCUT2D eigenvalue weighted by molar-refractivity contribution is 5.77. The maximum atomic E-state index is 12.7. The molecule has 0 saturated carbocycles. The molecule has 2 aliphatic heterocycles. The summed E-state index contributed by atoms with van der Waals surface area (Å²) in [6.45, 7) is 4.15. The molecule has 1 aromatic rings. The first kappa shape index (κ1) is 16.5. The van der Waals surface area contributed by atoms with E-state index in [9.17, 15) is 4.79 Å². The fraction of sp³-hybridized carbons (Fsp3) is 0.650. The number of carbonyl (C=O) groups excluding carboxylic acids is 1. The molecule has 2 fully saturated rings. The SMILES string of the molecule is CCCC(=O)N1C[C@@H](c2ccccc2)[C@H]2[C@H]1CCCCCN2C. The molecule has 0 bridgehead atoms. The van der Waals surface area contributed by atoms with Gasteiger partial charge in [0.2, 0.25) is 5.91 Å². The van der Waals surface area contributed by atoms with Crippen molar-refractivity contribution < 1.29 is 4.79 Å². The molecule has 0 spiro atoms. The van der Waals surface area contributed by atoms with Gasteiger partial charge in [0.15, 0.2) is 0 Å². The van der Waals surface area contributed by atoms with Crippen molar-refractivity contribution in [2.75, 3.05) is 20.1 Å². The van der Waals surface area contributed by atoms with Gasteiger partial charge in [0, 0.05) is 31.0 Å². The van der Waals surface area contributed by atoms with Crippen molar-refractivity contribution in [2.45, 2.75) is 63.5 Å². The Morgan fingerprint density at radius 3 is 2.70 bits per heavy atom. The second-order valence-electron chi connectivity index (χ2n) is 7.20. The van der Waals surface area contributed by atoms with Crippen molar-refractivity contribution in [1.29, 1.82) is 0 Å². The first-order chi connectivity index (χ1) is 11.2. The van der Waals surface area contributed by atoms with Crippen molar-refractivity contribution in [2.24, 2.45) is 0 Å². The van der Waals surface area contributed by atoms with Gasteiger partial charge in [-0.15, -0.1) is 0 Å². The number of benzene rings is 1. The Hall–Kier alpha value is -1.35. The molecule has 1 amide bonds. The van der Waals surface area contributed by atoms with Gasteiger partial charge in [0.25, 0.3) is 0 Å². The summed E-state index contributed by atoms with van der Waals surface area (Å²) < 4.78 is 0. The van der Waals surface area contributed by atoms with Crippen molar-refractivity contribution in [1.82, 2.24) is 9.80 Å². The highest BCUT2D eigenvalue weighted by Gasteiger charge is 2.45. The van der Waals surface area contributed by atoms with E-state index in [1.165, 1.54) is 24.8 Å². The van der Waals surface area contributed by atoms with Gasteiger partial charge in [-0.1, -0.05) is 50.1 Å². The summed E-state index contributed by atoms with van der Waals surface area (Å²) in [6, 6.07) is 11.7. The maximum Gasteiger partial charge on any atom is 0.222 e. The van der Waals surface area contributed by atoms with E-state index in [4.69, 9.17) is 0 Å². The highest BCUT2D eigenvalue weighted by Crippen LogP contribution is 2.38. The molecule has 2 saturated heterocycles. The molecule has 2 aliphatic rings. The highest BCUT2D eigenvalue weighted by atomic mass is 16.2. The second kappa shape index (κ2) is 7.48. The van der Waals surface area contributed by atoms with Crippen molar-refractivity contribution in [3.8, 4) is 0 Å². The molecule has 3 nitrogen and oxygen atoms in total. The smallest absolute Gasteiger partial charge is 0.222 e. The lowest BCUT2D eigenvalue weighted by Crippen LogP contribution is -2.47. The average molecular weight is 314 g/mol. The molecule has 126 valence electrons. The number of carbonyl (C=O) groups is 1. The predicted molar refractivity (Wildman–Crippen MR) is 94.5 cm³/mol. The lowest BCUT2D eigenvalue weighted by atomic mass is 9.87. The molecule has 3 heteroatoms. The Morgan fingerprint density at radius 2 is 1.96 bits per heavy atom. The molecule has 3 rings (SSSR count). The first-order valence-corrected chi connectivity index (χ1v) is 9.27. The van der Waals surface area contributed by atoms with Crippen LogP contribution in [0.25, 0.3) is 0 Å². The molecule has 3 atom stereocenters. The minimum absolute atomic E-state index is 0.356. The number of likely N-dealkylation sites (N-methyl/N-ethyl adjacent to an activating group) is 1. The zero-order valence-corrected chi connectivity index (χ0v) is 14.6. The fourth-order valence-electron chi connectivity index (χ4n) is 4.52. The molecule has 0 unspecified atom stereocenters. The zero-order chi connectivity index (χ0) is 16.2. The first-order valence-electron chi connectivity index (χ1n) is 9.27. The summed E-state index contributed by atoms with van der Waals surface area (Å²) in [6.07, 6.45) is 6.62. The zero-order valence-electron chi connectivity index (χ0n) is 14.6. The molecular weight excluding hydrogens is 284 g/mol. The van der Waals surface area contributed by atoms with E-state index < -0.39 is 0 Å². The maximum absolute atomic E-state index is 12.7. The number of likely N-dealkylation sites (tertiary alicyclic amines) is 2. The van der Waals surface area contributed by atoms with E-state index >= 15 is 0 Å². The molecule has 1 aromatic carbocycles. The van der Waals surface area contributed by atoms with Crippen LogP contribution in [0.1, 0.15) is 56.9 Å². The van der Waals surface area contributed by atoms with Crippen LogP contribution in [0, 0.1) is 0 Å². The van der Waals surface area contributed by atoms with Gasteiger partial charge < -0.3 is 9.80 Å². The van der Waals surface area contributed by atoms with Crippen LogP contribution >= 0.6 is 0 Å². The van der Waals surface area contributed by atoms with E-state index in [-0.39, 0.29) is 0 Å². The molecule has 0 aliphatic carbocycles. The summed E-state index contributed by atoms with van der Waals surface area (Å²) in [5, 5.41) is 0. The number of rotatable bonds is 3. The lowest BCUT2D eigenvalue weighted by Gasteiger charge is -2.37. The quantitative estimate of drug-likeness (QED) is 0.850. The van der Waals surface area contributed by atoms with Gasteiger partial charge in [-0.25, -0.2) is 0 Å². The van der Waals surface area contributed by atoms with Gasteiger partial charge in [-0.3, -0.25) is 4.79 Å². The Balaban J connectivity index is 1.91. The number of fused-ring (bicyclic) bond motifs is 1. The third-order valence-electron chi connectivity index (χ3n) is 5.63. The summed E-state index contributed by atoms with van der Waals surface area (Å²) in [5.74, 6) is 0.806. The van der Waals surface area contributed by atoms with Crippen LogP contribution in [0.3, 0.4) is 0 Å². The van der Waals surface area contributed by atoms with Gasteiger partial charge in [0.05, 0.1) is 0 Å².